The van der Waals surface area contributed by atoms with Crippen molar-refractivity contribution >= 4 is 5.91 Å². The van der Waals surface area contributed by atoms with Crippen molar-refractivity contribution in [3.63, 3.8) is 0 Å². The fourth-order valence-corrected chi connectivity index (χ4v) is 2.52. The molecule has 0 aromatic heterocycles. The molecule has 0 bridgehead atoms. The third-order valence-electron chi connectivity index (χ3n) is 3.71. The van der Waals surface area contributed by atoms with Crippen LogP contribution in [-0.4, -0.2) is 44.2 Å². The van der Waals surface area contributed by atoms with Gasteiger partial charge in [-0.25, -0.2) is 0 Å². The maximum atomic E-state index is 12.5. The fraction of sp³-hybridized carbons (Fsp3) is 0.278. The Morgan fingerprint density at radius 2 is 2.00 bits per heavy atom. The van der Waals surface area contributed by atoms with Crippen molar-refractivity contribution in [1.82, 2.24) is 4.90 Å². The predicted octanol–water partition coefficient (Wildman–Crippen LogP) is 2.61. The van der Waals surface area contributed by atoms with E-state index in [0.717, 1.165) is 5.75 Å². The predicted molar refractivity (Wildman–Crippen MR) is 86.3 cm³/mol. The van der Waals surface area contributed by atoms with Crippen molar-refractivity contribution in [2.24, 2.45) is 0 Å². The van der Waals surface area contributed by atoms with E-state index in [1.807, 2.05) is 30.3 Å². The summed E-state index contributed by atoms with van der Waals surface area (Å²) in [6, 6.07) is 14.7. The van der Waals surface area contributed by atoms with E-state index >= 15 is 0 Å². The zero-order valence-electron chi connectivity index (χ0n) is 13.2. The second kappa shape index (κ2) is 6.60. The van der Waals surface area contributed by atoms with E-state index in [1.165, 1.54) is 0 Å². The smallest absolute Gasteiger partial charge is 0.253 e. The van der Waals surface area contributed by atoms with Gasteiger partial charge in [-0.15, -0.1) is 0 Å². The van der Waals surface area contributed by atoms with Crippen LogP contribution in [0.25, 0.3) is 0 Å². The van der Waals surface area contributed by atoms with E-state index in [4.69, 9.17) is 14.2 Å². The van der Waals surface area contributed by atoms with Crippen molar-refractivity contribution < 1.29 is 19.0 Å². The Morgan fingerprint density at radius 1 is 1.22 bits per heavy atom. The number of methoxy groups -OCH3 is 1. The Hall–Kier alpha value is -2.69. The minimum atomic E-state index is -0.190. The second-order valence-electron chi connectivity index (χ2n) is 5.42. The van der Waals surface area contributed by atoms with Gasteiger partial charge in [0, 0.05) is 12.6 Å². The van der Waals surface area contributed by atoms with Crippen molar-refractivity contribution in [1.29, 1.82) is 0 Å². The van der Waals surface area contributed by atoms with Gasteiger partial charge in [-0.05, 0) is 30.3 Å². The molecule has 2 aromatic carbocycles. The zero-order valence-corrected chi connectivity index (χ0v) is 13.2. The number of ether oxygens (including phenoxy) is 3. The number of amides is 1. The van der Waals surface area contributed by atoms with Crippen LogP contribution in [0, 0.1) is 0 Å². The summed E-state index contributed by atoms with van der Waals surface area (Å²) in [5.74, 6) is 2.04. The molecule has 0 aliphatic carbocycles. The Kier molecular flexibility index (Phi) is 4.37. The standard InChI is InChI=1S/C18H19NO4/c1-19(18(20)13-6-5-7-14(10-13)21-2)11-15-12-22-16-8-3-4-9-17(16)23-15/h3-10,15H,11-12H2,1-2H3. The third kappa shape index (κ3) is 3.39. The highest BCUT2D eigenvalue weighted by molar-refractivity contribution is 5.94. The van der Waals surface area contributed by atoms with Gasteiger partial charge in [-0.2, -0.15) is 0 Å². The van der Waals surface area contributed by atoms with Gasteiger partial charge in [0.2, 0.25) is 0 Å². The van der Waals surface area contributed by atoms with Crippen molar-refractivity contribution in [3.8, 4) is 17.2 Å². The van der Waals surface area contributed by atoms with Gasteiger partial charge < -0.3 is 19.1 Å². The van der Waals surface area contributed by atoms with Crippen LogP contribution in [0.5, 0.6) is 17.2 Å². The van der Waals surface area contributed by atoms with Crippen LogP contribution in [0.3, 0.4) is 0 Å². The first kappa shape index (κ1) is 15.2. The topological polar surface area (TPSA) is 48.0 Å². The molecule has 1 atom stereocenters. The molecule has 0 spiro atoms. The van der Waals surface area contributed by atoms with Crippen LogP contribution in [0.15, 0.2) is 48.5 Å². The molecule has 0 fully saturated rings. The Bertz CT molecular complexity index is 701. The molecule has 120 valence electrons. The van der Waals surface area contributed by atoms with Crippen LogP contribution in [-0.2, 0) is 0 Å². The lowest BCUT2D eigenvalue weighted by atomic mass is 10.2. The number of para-hydroxylation sites is 2. The summed E-state index contributed by atoms with van der Waals surface area (Å²) in [7, 11) is 3.34. The molecular weight excluding hydrogens is 294 g/mol. The lowest BCUT2D eigenvalue weighted by Crippen LogP contribution is -2.41. The summed E-state index contributed by atoms with van der Waals surface area (Å²) in [6.07, 6.45) is -0.190. The Morgan fingerprint density at radius 3 is 2.78 bits per heavy atom. The van der Waals surface area contributed by atoms with Crippen LogP contribution in [0.1, 0.15) is 10.4 Å². The van der Waals surface area contributed by atoms with Crippen LogP contribution in [0.4, 0.5) is 0 Å². The van der Waals surface area contributed by atoms with Crippen molar-refractivity contribution in [2.75, 3.05) is 27.3 Å². The van der Waals surface area contributed by atoms with Crippen LogP contribution < -0.4 is 14.2 Å². The van der Waals surface area contributed by atoms with E-state index in [9.17, 15) is 4.79 Å². The summed E-state index contributed by atoms with van der Waals surface area (Å²) < 4.78 is 16.7. The van der Waals surface area contributed by atoms with E-state index < -0.39 is 0 Å². The van der Waals surface area contributed by atoms with Gasteiger partial charge >= 0.3 is 0 Å². The molecular formula is C18H19NO4. The maximum Gasteiger partial charge on any atom is 0.253 e. The third-order valence-corrected chi connectivity index (χ3v) is 3.71. The number of rotatable bonds is 4. The molecule has 1 heterocycles. The maximum absolute atomic E-state index is 12.5. The number of carbonyl (C=O) groups excluding carboxylic acids is 1. The van der Waals surface area contributed by atoms with Crippen LogP contribution in [0.2, 0.25) is 0 Å². The highest BCUT2D eigenvalue weighted by Gasteiger charge is 2.24. The number of benzene rings is 2. The molecule has 0 saturated heterocycles. The summed E-state index contributed by atoms with van der Waals surface area (Å²) in [4.78, 5) is 14.1. The van der Waals surface area contributed by atoms with E-state index in [1.54, 1.807) is 37.3 Å². The minimum Gasteiger partial charge on any atom is -0.497 e. The van der Waals surface area contributed by atoms with Crippen LogP contribution >= 0.6 is 0 Å². The van der Waals surface area contributed by atoms with Crippen molar-refractivity contribution in [2.45, 2.75) is 6.10 Å². The summed E-state index contributed by atoms with van der Waals surface area (Å²) in [6.45, 7) is 0.872. The van der Waals surface area contributed by atoms with Gasteiger partial charge in [0.05, 0.1) is 13.7 Å². The lowest BCUT2D eigenvalue weighted by molar-refractivity contribution is 0.0521. The number of fused-ring (bicyclic) bond motifs is 1. The van der Waals surface area contributed by atoms with E-state index in [2.05, 4.69) is 0 Å². The largest absolute Gasteiger partial charge is 0.497 e. The Balaban J connectivity index is 1.65. The van der Waals surface area contributed by atoms with Gasteiger partial charge in [0.25, 0.3) is 5.91 Å². The molecule has 23 heavy (non-hydrogen) atoms. The molecule has 0 N–H and O–H groups in total. The summed E-state index contributed by atoms with van der Waals surface area (Å²) >= 11 is 0. The molecule has 0 radical (unpaired) electrons. The van der Waals surface area contributed by atoms with Gasteiger partial charge in [-0.1, -0.05) is 18.2 Å². The average Bonchev–Trinajstić information content (AvgIpc) is 2.61. The van der Waals surface area contributed by atoms with E-state index in [-0.39, 0.29) is 12.0 Å². The SMILES string of the molecule is COc1cccc(C(=O)N(C)CC2COc3ccccc3O2)c1. The molecule has 1 amide bonds. The van der Waals surface area contributed by atoms with Gasteiger partial charge in [-0.3, -0.25) is 4.79 Å². The first-order valence-corrected chi connectivity index (χ1v) is 7.45. The van der Waals surface area contributed by atoms with Gasteiger partial charge in [0.1, 0.15) is 12.4 Å². The second-order valence-corrected chi connectivity index (χ2v) is 5.42. The first-order valence-electron chi connectivity index (χ1n) is 7.45. The molecule has 3 rings (SSSR count). The molecule has 2 aromatic rings. The minimum absolute atomic E-state index is 0.0774. The van der Waals surface area contributed by atoms with Crippen molar-refractivity contribution in [3.05, 3.63) is 54.1 Å². The molecule has 1 unspecified atom stereocenters. The lowest BCUT2D eigenvalue weighted by Gasteiger charge is -2.29. The number of likely N-dealkylation sites (N-methyl/N-ethyl adjacent to an activating group) is 1. The normalized spacial score (nSPS) is 15.8. The highest BCUT2D eigenvalue weighted by atomic mass is 16.6. The Labute approximate surface area is 135 Å². The molecule has 5 heteroatoms. The first-order chi connectivity index (χ1) is 11.2. The zero-order chi connectivity index (χ0) is 16.2. The summed E-state index contributed by atoms with van der Waals surface area (Å²) in [5.41, 5.74) is 0.587. The van der Waals surface area contributed by atoms with Gasteiger partial charge in [0.15, 0.2) is 17.6 Å². The number of hydrogen-bond acceptors (Lipinski definition) is 4. The number of hydrogen-bond donors (Lipinski definition) is 0. The quantitative estimate of drug-likeness (QED) is 0.870. The number of nitrogens with zero attached hydrogens (tertiary/aromatic N) is 1. The number of carbonyl (C=O) groups is 1. The molecule has 1 aliphatic heterocycles. The summed E-state index contributed by atoms with van der Waals surface area (Å²) in [5, 5.41) is 0. The molecule has 1 aliphatic rings. The van der Waals surface area contributed by atoms with E-state index in [0.29, 0.717) is 30.2 Å². The fourth-order valence-electron chi connectivity index (χ4n) is 2.52. The average molecular weight is 313 g/mol. The molecule has 0 saturated carbocycles. The monoisotopic (exact) mass is 313 g/mol. The molecule has 5 nitrogen and oxygen atoms in total. The highest BCUT2D eigenvalue weighted by Crippen LogP contribution is 2.31.